The van der Waals surface area contributed by atoms with Crippen LogP contribution in [0.2, 0.25) is 0 Å². The summed E-state index contributed by atoms with van der Waals surface area (Å²) in [5, 5.41) is 16.8. The number of hydrogen-bond donors (Lipinski definition) is 1. The number of nitrogens with one attached hydrogen (secondary N) is 1. The zero-order chi connectivity index (χ0) is 13.0. The van der Waals surface area contributed by atoms with Gasteiger partial charge in [0.25, 0.3) is 0 Å². The van der Waals surface area contributed by atoms with Gasteiger partial charge in [-0.15, -0.1) is 0 Å². The average Bonchev–Trinajstić information content (AvgIpc) is 2.84. The molecule has 0 saturated heterocycles. The van der Waals surface area contributed by atoms with Gasteiger partial charge in [-0.2, -0.15) is 16.6 Å². The van der Waals surface area contributed by atoms with E-state index in [1.807, 2.05) is 25.1 Å². The van der Waals surface area contributed by atoms with Gasteiger partial charge in [-0.25, -0.2) is 0 Å². The topological polar surface area (TPSA) is 35.8 Å². The van der Waals surface area contributed by atoms with Gasteiger partial charge in [0.2, 0.25) is 0 Å². The molecule has 1 aromatic carbocycles. The first-order valence-corrected chi connectivity index (χ1v) is 6.91. The van der Waals surface area contributed by atoms with Crippen molar-refractivity contribution in [3.8, 4) is 6.07 Å². The molecule has 18 heavy (non-hydrogen) atoms. The lowest BCUT2D eigenvalue weighted by atomic mass is 10.1. The maximum atomic E-state index is 9.12. The third kappa shape index (κ3) is 3.12. The Bertz CT molecular complexity index is 552. The van der Waals surface area contributed by atoms with Crippen molar-refractivity contribution < 1.29 is 0 Å². The van der Waals surface area contributed by atoms with E-state index in [9.17, 15) is 0 Å². The molecule has 1 N–H and O–H groups in total. The highest BCUT2D eigenvalue weighted by Crippen LogP contribution is 2.18. The van der Waals surface area contributed by atoms with Gasteiger partial charge in [0.15, 0.2) is 0 Å². The van der Waals surface area contributed by atoms with E-state index in [1.54, 1.807) is 11.3 Å². The molecule has 0 saturated carbocycles. The SMILES string of the molecule is Cc1ccc(NC(C)Cc2ccsc2)c(C#N)c1. The van der Waals surface area contributed by atoms with Crippen LogP contribution in [0.5, 0.6) is 0 Å². The fourth-order valence-electron chi connectivity index (χ4n) is 1.96. The smallest absolute Gasteiger partial charge is 0.101 e. The summed E-state index contributed by atoms with van der Waals surface area (Å²) in [6.07, 6.45) is 0.974. The normalized spacial score (nSPS) is 11.8. The Labute approximate surface area is 112 Å². The highest BCUT2D eigenvalue weighted by Gasteiger charge is 2.07. The molecule has 3 heteroatoms. The van der Waals surface area contributed by atoms with E-state index in [-0.39, 0.29) is 0 Å². The molecule has 0 radical (unpaired) electrons. The van der Waals surface area contributed by atoms with Gasteiger partial charge in [0.05, 0.1) is 11.3 Å². The van der Waals surface area contributed by atoms with Crippen molar-refractivity contribution in [3.05, 3.63) is 51.7 Å². The van der Waals surface area contributed by atoms with Crippen molar-refractivity contribution in [2.24, 2.45) is 0 Å². The Morgan fingerprint density at radius 1 is 1.39 bits per heavy atom. The number of thiophene rings is 1. The Hall–Kier alpha value is -1.79. The highest BCUT2D eigenvalue weighted by atomic mass is 32.1. The first-order valence-electron chi connectivity index (χ1n) is 5.97. The number of aryl methyl sites for hydroxylation is 1. The van der Waals surface area contributed by atoms with Crippen LogP contribution in [0.1, 0.15) is 23.6 Å². The van der Waals surface area contributed by atoms with Gasteiger partial charge in [0, 0.05) is 6.04 Å². The largest absolute Gasteiger partial charge is 0.381 e. The predicted octanol–water partition coefficient (Wildman–Crippen LogP) is 3.97. The zero-order valence-corrected chi connectivity index (χ0v) is 11.4. The molecule has 0 fully saturated rings. The Morgan fingerprint density at radius 2 is 2.22 bits per heavy atom. The van der Waals surface area contributed by atoms with Crippen LogP contribution in [0, 0.1) is 18.3 Å². The fourth-order valence-corrected chi connectivity index (χ4v) is 2.64. The summed E-state index contributed by atoms with van der Waals surface area (Å²) in [5.41, 5.74) is 4.09. The number of hydrogen-bond acceptors (Lipinski definition) is 3. The van der Waals surface area contributed by atoms with Gasteiger partial charge in [-0.1, -0.05) is 6.07 Å². The minimum Gasteiger partial charge on any atom is -0.381 e. The fraction of sp³-hybridized carbons (Fsp3) is 0.267. The maximum Gasteiger partial charge on any atom is 0.101 e. The molecule has 0 aliphatic carbocycles. The van der Waals surface area contributed by atoms with E-state index >= 15 is 0 Å². The summed E-state index contributed by atoms with van der Waals surface area (Å²) >= 11 is 1.72. The number of rotatable bonds is 4. The minimum atomic E-state index is 0.314. The van der Waals surface area contributed by atoms with Crippen molar-refractivity contribution >= 4 is 17.0 Å². The first kappa shape index (κ1) is 12.7. The number of nitriles is 1. The third-order valence-electron chi connectivity index (χ3n) is 2.82. The second-order valence-electron chi connectivity index (χ2n) is 4.54. The lowest BCUT2D eigenvalue weighted by Crippen LogP contribution is -2.18. The van der Waals surface area contributed by atoms with E-state index in [1.165, 1.54) is 5.56 Å². The highest BCUT2D eigenvalue weighted by molar-refractivity contribution is 7.07. The van der Waals surface area contributed by atoms with Crippen molar-refractivity contribution in [1.82, 2.24) is 0 Å². The molecule has 0 aliphatic rings. The molecule has 1 unspecified atom stereocenters. The summed E-state index contributed by atoms with van der Waals surface area (Å²) in [6.45, 7) is 4.14. The summed E-state index contributed by atoms with van der Waals surface area (Å²) in [5.74, 6) is 0. The summed E-state index contributed by atoms with van der Waals surface area (Å²) in [7, 11) is 0. The molecule has 0 spiro atoms. The van der Waals surface area contributed by atoms with Crippen LogP contribution < -0.4 is 5.32 Å². The standard InChI is InChI=1S/C15H16N2S/c1-11-3-4-15(14(7-11)9-16)17-12(2)8-13-5-6-18-10-13/h3-7,10,12,17H,8H2,1-2H3. The monoisotopic (exact) mass is 256 g/mol. The summed E-state index contributed by atoms with van der Waals surface area (Å²) < 4.78 is 0. The van der Waals surface area contributed by atoms with Crippen LogP contribution in [0.25, 0.3) is 0 Å². The molecule has 2 rings (SSSR count). The Kier molecular flexibility index (Phi) is 4.01. The lowest BCUT2D eigenvalue weighted by molar-refractivity contribution is 0.792. The van der Waals surface area contributed by atoms with Crippen molar-refractivity contribution in [3.63, 3.8) is 0 Å². The Balaban J connectivity index is 2.07. The number of anilines is 1. The van der Waals surface area contributed by atoms with Gasteiger partial charge in [-0.05, 0) is 60.4 Å². The average molecular weight is 256 g/mol. The second-order valence-corrected chi connectivity index (χ2v) is 5.32. The van der Waals surface area contributed by atoms with Crippen molar-refractivity contribution in [2.75, 3.05) is 5.32 Å². The van der Waals surface area contributed by atoms with Crippen molar-refractivity contribution in [1.29, 1.82) is 5.26 Å². The zero-order valence-electron chi connectivity index (χ0n) is 10.6. The number of benzene rings is 1. The molecule has 1 atom stereocenters. The van der Waals surface area contributed by atoms with Crippen molar-refractivity contribution in [2.45, 2.75) is 26.3 Å². The van der Waals surface area contributed by atoms with Crippen LogP contribution >= 0.6 is 11.3 Å². The van der Waals surface area contributed by atoms with E-state index in [0.29, 0.717) is 11.6 Å². The second kappa shape index (κ2) is 5.70. The van der Waals surface area contributed by atoms with E-state index in [0.717, 1.165) is 17.7 Å². The molecular weight excluding hydrogens is 240 g/mol. The van der Waals surface area contributed by atoms with Crippen LogP contribution in [-0.2, 0) is 6.42 Å². The molecule has 2 nitrogen and oxygen atoms in total. The van der Waals surface area contributed by atoms with Gasteiger partial charge < -0.3 is 5.32 Å². The van der Waals surface area contributed by atoms with Crippen LogP contribution in [0.15, 0.2) is 35.0 Å². The van der Waals surface area contributed by atoms with Gasteiger partial charge in [-0.3, -0.25) is 0 Å². The lowest BCUT2D eigenvalue weighted by Gasteiger charge is -2.16. The third-order valence-corrected chi connectivity index (χ3v) is 3.55. The summed E-state index contributed by atoms with van der Waals surface area (Å²) in [4.78, 5) is 0. The predicted molar refractivity (Wildman–Crippen MR) is 77.0 cm³/mol. The first-order chi connectivity index (χ1) is 8.69. The summed E-state index contributed by atoms with van der Waals surface area (Å²) in [6, 6.07) is 10.6. The van der Waals surface area contributed by atoms with Gasteiger partial charge >= 0.3 is 0 Å². The van der Waals surface area contributed by atoms with Crippen LogP contribution in [0.4, 0.5) is 5.69 Å². The van der Waals surface area contributed by atoms with Crippen LogP contribution in [0.3, 0.4) is 0 Å². The Morgan fingerprint density at radius 3 is 2.89 bits per heavy atom. The minimum absolute atomic E-state index is 0.314. The molecule has 92 valence electrons. The van der Waals surface area contributed by atoms with E-state index < -0.39 is 0 Å². The molecule has 0 bridgehead atoms. The van der Waals surface area contributed by atoms with E-state index in [2.05, 4.69) is 35.1 Å². The molecule has 1 heterocycles. The molecule has 0 amide bonds. The quantitative estimate of drug-likeness (QED) is 0.898. The van der Waals surface area contributed by atoms with Crippen LogP contribution in [-0.4, -0.2) is 6.04 Å². The molecule has 1 aromatic heterocycles. The van der Waals surface area contributed by atoms with E-state index in [4.69, 9.17) is 5.26 Å². The van der Waals surface area contributed by atoms with Gasteiger partial charge in [0.1, 0.15) is 6.07 Å². The maximum absolute atomic E-state index is 9.12. The molecule has 0 aliphatic heterocycles. The molecule has 2 aromatic rings. The number of nitrogens with zero attached hydrogens (tertiary/aromatic N) is 1. The molecular formula is C15H16N2S.